The van der Waals surface area contributed by atoms with E-state index in [1.807, 2.05) is 6.07 Å². The maximum absolute atomic E-state index is 12.4. The average Bonchev–Trinajstić information content (AvgIpc) is 2.18. The summed E-state index contributed by atoms with van der Waals surface area (Å²) in [4.78, 5) is 3.55. The number of nitrogens with zero attached hydrogens (tertiary/aromatic N) is 2. The lowest BCUT2D eigenvalue weighted by Gasteiger charge is -2.09. The van der Waals surface area contributed by atoms with Crippen molar-refractivity contribution in [2.45, 2.75) is 19.4 Å². The van der Waals surface area contributed by atoms with E-state index in [0.717, 1.165) is 0 Å². The Morgan fingerprint density at radius 1 is 1.57 bits per heavy atom. The third kappa shape index (κ3) is 2.03. The molecular formula is C9H9F2N3. The summed E-state index contributed by atoms with van der Waals surface area (Å²) in [5.74, 6) is 0. The van der Waals surface area contributed by atoms with Crippen LogP contribution in [0.4, 0.5) is 8.78 Å². The topological polar surface area (TPSA) is 62.7 Å². The Hall–Kier alpha value is -1.54. The molecule has 0 aliphatic carbocycles. The average molecular weight is 197 g/mol. The molecule has 2 N–H and O–H groups in total. The van der Waals surface area contributed by atoms with Gasteiger partial charge in [0.1, 0.15) is 5.69 Å². The number of aromatic nitrogens is 1. The van der Waals surface area contributed by atoms with E-state index in [9.17, 15) is 8.78 Å². The number of nitrogens with two attached hydrogens (primary N) is 1. The van der Waals surface area contributed by atoms with Crippen LogP contribution in [-0.2, 0) is 13.0 Å². The molecule has 0 aliphatic heterocycles. The SMILES string of the molecule is N#CCc1ccnc(C(F)F)c1CN. The Kier molecular flexibility index (Phi) is 3.48. The van der Waals surface area contributed by atoms with Gasteiger partial charge < -0.3 is 5.73 Å². The van der Waals surface area contributed by atoms with Crippen molar-refractivity contribution in [3.63, 3.8) is 0 Å². The van der Waals surface area contributed by atoms with Crippen molar-refractivity contribution in [1.29, 1.82) is 5.26 Å². The van der Waals surface area contributed by atoms with Crippen LogP contribution in [0.3, 0.4) is 0 Å². The zero-order chi connectivity index (χ0) is 10.6. The first-order valence-corrected chi connectivity index (χ1v) is 4.02. The molecular weight excluding hydrogens is 188 g/mol. The van der Waals surface area contributed by atoms with Gasteiger partial charge >= 0.3 is 0 Å². The molecule has 0 amide bonds. The summed E-state index contributed by atoms with van der Waals surface area (Å²) in [6.07, 6.45) is -1.30. The van der Waals surface area contributed by atoms with E-state index in [4.69, 9.17) is 11.0 Å². The molecule has 74 valence electrons. The molecule has 0 aromatic carbocycles. The van der Waals surface area contributed by atoms with E-state index < -0.39 is 6.43 Å². The number of hydrogen-bond donors (Lipinski definition) is 1. The van der Waals surface area contributed by atoms with Crippen LogP contribution in [0.25, 0.3) is 0 Å². The molecule has 0 saturated carbocycles. The lowest BCUT2D eigenvalue weighted by Crippen LogP contribution is -2.08. The Morgan fingerprint density at radius 2 is 2.29 bits per heavy atom. The smallest absolute Gasteiger partial charge is 0.280 e. The minimum atomic E-state index is -2.65. The zero-order valence-corrected chi connectivity index (χ0v) is 7.37. The van der Waals surface area contributed by atoms with Gasteiger partial charge in [-0.25, -0.2) is 8.78 Å². The van der Waals surface area contributed by atoms with E-state index in [0.29, 0.717) is 5.56 Å². The first kappa shape index (κ1) is 10.5. The molecule has 3 nitrogen and oxygen atoms in total. The van der Waals surface area contributed by atoms with E-state index in [1.54, 1.807) is 0 Å². The minimum absolute atomic E-state index is 0.0233. The zero-order valence-electron chi connectivity index (χ0n) is 7.37. The fourth-order valence-electron chi connectivity index (χ4n) is 1.23. The lowest BCUT2D eigenvalue weighted by atomic mass is 10.0. The van der Waals surface area contributed by atoms with Crippen molar-refractivity contribution < 1.29 is 8.78 Å². The van der Waals surface area contributed by atoms with Crippen molar-refractivity contribution in [3.05, 3.63) is 29.1 Å². The monoisotopic (exact) mass is 197 g/mol. The molecule has 0 radical (unpaired) electrons. The summed E-state index contributed by atoms with van der Waals surface area (Å²) in [5.41, 5.74) is 5.83. The summed E-state index contributed by atoms with van der Waals surface area (Å²) in [6.45, 7) is -0.0233. The number of pyridine rings is 1. The van der Waals surface area contributed by atoms with Crippen LogP contribution in [0, 0.1) is 11.3 Å². The predicted molar refractivity (Wildman–Crippen MR) is 46.4 cm³/mol. The Labute approximate surface area is 80.2 Å². The van der Waals surface area contributed by atoms with Crippen molar-refractivity contribution in [3.8, 4) is 6.07 Å². The number of nitriles is 1. The maximum atomic E-state index is 12.4. The van der Waals surface area contributed by atoms with Crippen molar-refractivity contribution >= 4 is 0 Å². The number of hydrogen-bond acceptors (Lipinski definition) is 3. The van der Waals surface area contributed by atoms with E-state index in [2.05, 4.69) is 4.98 Å². The quantitative estimate of drug-likeness (QED) is 0.799. The van der Waals surface area contributed by atoms with E-state index >= 15 is 0 Å². The fraction of sp³-hybridized carbons (Fsp3) is 0.333. The standard InChI is InChI=1S/C9H9F2N3/c10-9(11)8-7(5-13)6(1-3-12)2-4-14-8/h2,4,9H,1,5,13H2. The van der Waals surface area contributed by atoms with Gasteiger partial charge in [-0.2, -0.15) is 5.26 Å². The third-order valence-electron chi connectivity index (χ3n) is 1.87. The van der Waals surface area contributed by atoms with Gasteiger partial charge in [0.2, 0.25) is 0 Å². The molecule has 0 spiro atoms. The van der Waals surface area contributed by atoms with Gasteiger partial charge in [-0.15, -0.1) is 0 Å². The number of rotatable bonds is 3. The van der Waals surface area contributed by atoms with Gasteiger partial charge in [0.05, 0.1) is 12.5 Å². The van der Waals surface area contributed by atoms with Crippen LogP contribution in [0.2, 0.25) is 0 Å². The van der Waals surface area contributed by atoms with Gasteiger partial charge in [-0.3, -0.25) is 4.98 Å². The first-order valence-electron chi connectivity index (χ1n) is 4.02. The van der Waals surface area contributed by atoms with Crippen LogP contribution in [0.15, 0.2) is 12.3 Å². The summed E-state index contributed by atoms with van der Waals surface area (Å²) >= 11 is 0. The van der Waals surface area contributed by atoms with Crippen molar-refractivity contribution in [2.24, 2.45) is 5.73 Å². The predicted octanol–water partition coefficient (Wildman–Crippen LogP) is 1.54. The van der Waals surface area contributed by atoms with Gasteiger partial charge in [0, 0.05) is 12.7 Å². The van der Waals surface area contributed by atoms with E-state index in [-0.39, 0.29) is 24.2 Å². The Bertz CT molecular complexity index is 358. The third-order valence-corrected chi connectivity index (χ3v) is 1.87. The number of alkyl halides is 2. The highest BCUT2D eigenvalue weighted by Gasteiger charge is 2.16. The summed E-state index contributed by atoms with van der Waals surface area (Å²) < 4.78 is 24.9. The minimum Gasteiger partial charge on any atom is -0.326 e. The second-order valence-electron chi connectivity index (χ2n) is 2.67. The van der Waals surface area contributed by atoms with Crippen LogP contribution < -0.4 is 5.73 Å². The lowest BCUT2D eigenvalue weighted by molar-refractivity contribution is 0.144. The molecule has 1 aromatic rings. The van der Waals surface area contributed by atoms with Gasteiger partial charge in [-0.05, 0) is 17.2 Å². The molecule has 1 heterocycles. The van der Waals surface area contributed by atoms with Gasteiger partial charge in [0.15, 0.2) is 0 Å². The molecule has 0 fully saturated rings. The molecule has 1 rings (SSSR count). The molecule has 0 saturated heterocycles. The van der Waals surface area contributed by atoms with Crippen LogP contribution >= 0.6 is 0 Å². The largest absolute Gasteiger partial charge is 0.326 e. The number of halogens is 2. The second-order valence-corrected chi connectivity index (χ2v) is 2.67. The molecule has 0 atom stereocenters. The molecule has 0 aliphatic rings. The fourth-order valence-corrected chi connectivity index (χ4v) is 1.23. The molecule has 14 heavy (non-hydrogen) atoms. The van der Waals surface area contributed by atoms with Gasteiger partial charge in [0.25, 0.3) is 6.43 Å². The Morgan fingerprint density at radius 3 is 2.79 bits per heavy atom. The Balaban J connectivity index is 3.19. The maximum Gasteiger partial charge on any atom is 0.280 e. The highest BCUT2D eigenvalue weighted by molar-refractivity contribution is 5.32. The highest BCUT2D eigenvalue weighted by Crippen LogP contribution is 2.22. The van der Waals surface area contributed by atoms with Crippen LogP contribution in [0.5, 0.6) is 0 Å². The van der Waals surface area contributed by atoms with Crippen LogP contribution in [0.1, 0.15) is 23.2 Å². The molecule has 1 aromatic heterocycles. The van der Waals surface area contributed by atoms with E-state index in [1.165, 1.54) is 12.3 Å². The summed E-state index contributed by atoms with van der Waals surface area (Å²) in [5, 5.41) is 8.47. The summed E-state index contributed by atoms with van der Waals surface area (Å²) in [6, 6.07) is 3.44. The molecule has 5 heteroatoms. The molecule has 0 unspecified atom stereocenters. The molecule has 0 bridgehead atoms. The first-order chi connectivity index (χ1) is 6.70. The van der Waals surface area contributed by atoms with Gasteiger partial charge in [-0.1, -0.05) is 0 Å². The summed E-state index contributed by atoms with van der Waals surface area (Å²) in [7, 11) is 0. The van der Waals surface area contributed by atoms with Crippen LogP contribution in [-0.4, -0.2) is 4.98 Å². The van der Waals surface area contributed by atoms with Crippen molar-refractivity contribution in [2.75, 3.05) is 0 Å². The highest BCUT2D eigenvalue weighted by atomic mass is 19.3. The normalized spacial score (nSPS) is 10.2. The second kappa shape index (κ2) is 4.63. The van der Waals surface area contributed by atoms with Crippen molar-refractivity contribution in [1.82, 2.24) is 4.98 Å².